The molecular formula is C22H23ClFN5O. The normalized spacial score (nSPS) is 15.1. The highest BCUT2D eigenvalue weighted by Crippen LogP contribution is 2.48. The minimum Gasteiger partial charge on any atom is -0.356 e. The predicted molar refractivity (Wildman–Crippen MR) is 115 cm³/mol. The quantitative estimate of drug-likeness (QED) is 0.441. The number of nitrogens with one attached hydrogen (secondary N) is 2. The van der Waals surface area contributed by atoms with Gasteiger partial charge < -0.3 is 15.2 Å². The summed E-state index contributed by atoms with van der Waals surface area (Å²) >= 11 is 6.01. The standard InChI is InChI=1S/C22H23ClFN5O/c1-25-21(27-14-22(10-11-22)17-7-2-3-8-18(17)24)26-12-9-19-28-20(29-30-19)15-5-4-6-16(23)13-15/h2-8,13H,9-12,14H2,1H3,(H2,25,26,27). The van der Waals surface area contributed by atoms with E-state index in [2.05, 4.69) is 25.8 Å². The predicted octanol–water partition coefficient (Wildman–Crippen LogP) is 3.97. The number of hydrogen-bond acceptors (Lipinski definition) is 4. The maximum atomic E-state index is 14.2. The van der Waals surface area contributed by atoms with Crippen LogP contribution >= 0.6 is 11.6 Å². The van der Waals surface area contributed by atoms with Gasteiger partial charge in [-0.05, 0) is 36.6 Å². The summed E-state index contributed by atoms with van der Waals surface area (Å²) in [6, 6.07) is 14.3. The molecule has 8 heteroatoms. The van der Waals surface area contributed by atoms with Crippen LogP contribution in [-0.4, -0.2) is 36.2 Å². The van der Waals surface area contributed by atoms with Gasteiger partial charge >= 0.3 is 0 Å². The van der Waals surface area contributed by atoms with Crippen LogP contribution in [-0.2, 0) is 11.8 Å². The molecular weight excluding hydrogens is 405 g/mol. The van der Waals surface area contributed by atoms with E-state index in [0.29, 0.717) is 42.2 Å². The molecule has 0 aliphatic heterocycles. The first kappa shape index (κ1) is 20.3. The molecule has 3 aromatic rings. The van der Waals surface area contributed by atoms with Gasteiger partial charge in [0.25, 0.3) is 0 Å². The lowest BCUT2D eigenvalue weighted by molar-refractivity contribution is 0.378. The molecule has 2 aromatic carbocycles. The number of rotatable bonds is 7. The zero-order valence-corrected chi connectivity index (χ0v) is 17.4. The van der Waals surface area contributed by atoms with Crippen molar-refractivity contribution in [1.29, 1.82) is 0 Å². The third-order valence-electron chi connectivity index (χ3n) is 5.30. The largest absolute Gasteiger partial charge is 0.356 e. The van der Waals surface area contributed by atoms with Gasteiger partial charge in [0.05, 0.1) is 0 Å². The number of aromatic nitrogens is 2. The molecule has 0 spiro atoms. The molecule has 6 nitrogen and oxygen atoms in total. The van der Waals surface area contributed by atoms with Gasteiger partial charge in [-0.1, -0.05) is 47.1 Å². The van der Waals surface area contributed by atoms with Gasteiger partial charge in [-0.25, -0.2) is 4.39 Å². The maximum absolute atomic E-state index is 14.2. The second-order valence-corrected chi connectivity index (χ2v) is 7.82. The highest BCUT2D eigenvalue weighted by molar-refractivity contribution is 6.30. The molecule has 30 heavy (non-hydrogen) atoms. The van der Waals surface area contributed by atoms with E-state index in [1.165, 1.54) is 6.07 Å². The van der Waals surface area contributed by atoms with Crippen molar-refractivity contribution >= 4 is 17.6 Å². The summed E-state index contributed by atoms with van der Waals surface area (Å²) in [7, 11) is 1.71. The van der Waals surface area contributed by atoms with Crippen molar-refractivity contribution in [1.82, 2.24) is 20.8 Å². The summed E-state index contributed by atoms with van der Waals surface area (Å²) in [6.07, 6.45) is 2.48. The van der Waals surface area contributed by atoms with Gasteiger partial charge in [0.15, 0.2) is 5.96 Å². The van der Waals surface area contributed by atoms with Crippen LogP contribution in [0.5, 0.6) is 0 Å². The SMILES string of the molecule is CN=C(NCCc1nc(-c2cccc(Cl)c2)no1)NCC1(c2ccccc2F)CC1. The number of aliphatic imine (C=N–C) groups is 1. The van der Waals surface area contributed by atoms with Crippen molar-refractivity contribution in [3.05, 3.63) is 70.8 Å². The summed E-state index contributed by atoms with van der Waals surface area (Å²) in [5.41, 5.74) is 1.43. The second-order valence-electron chi connectivity index (χ2n) is 7.38. The zero-order chi connectivity index (χ0) is 21.0. The van der Waals surface area contributed by atoms with E-state index < -0.39 is 0 Å². The van der Waals surface area contributed by atoms with Crippen molar-refractivity contribution in [3.63, 3.8) is 0 Å². The molecule has 0 bridgehead atoms. The van der Waals surface area contributed by atoms with E-state index in [1.54, 1.807) is 25.2 Å². The maximum Gasteiger partial charge on any atom is 0.228 e. The summed E-state index contributed by atoms with van der Waals surface area (Å²) in [4.78, 5) is 8.66. The molecule has 0 unspecified atom stereocenters. The van der Waals surface area contributed by atoms with Crippen molar-refractivity contribution in [2.45, 2.75) is 24.7 Å². The highest BCUT2D eigenvalue weighted by Gasteiger charge is 2.45. The molecule has 0 saturated heterocycles. The topological polar surface area (TPSA) is 75.3 Å². The smallest absolute Gasteiger partial charge is 0.228 e. The average molecular weight is 428 g/mol. The molecule has 0 atom stereocenters. The third-order valence-corrected chi connectivity index (χ3v) is 5.53. The zero-order valence-electron chi connectivity index (χ0n) is 16.7. The first-order chi connectivity index (χ1) is 14.6. The third kappa shape index (κ3) is 4.62. The average Bonchev–Trinajstić information content (AvgIpc) is 3.39. The van der Waals surface area contributed by atoms with Crippen LogP contribution in [0.15, 0.2) is 58.0 Å². The molecule has 1 aromatic heterocycles. The van der Waals surface area contributed by atoms with E-state index in [1.807, 2.05) is 24.3 Å². The molecule has 1 aliphatic carbocycles. The Kier molecular flexibility index (Phi) is 5.99. The Morgan fingerprint density at radius 3 is 2.77 bits per heavy atom. The fraction of sp³-hybridized carbons (Fsp3) is 0.318. The van der Waals surface area contributed by atoms with E-state index >= 15 is 0 Å². The molecule has 4 rings (SSSR count). The van der Waals surface area contributed by atoms with Gasteiger partial charge in [0, 0.05) is 42.6 Å². The minimum absolute atomic E-state index is 0.147. The first-order valence-electron chi connectivity index (χ1n) is 9.88. The number of halogens is 2. The number of guanidine groups is 1. The van der Waals surface area contributed by atoms with Crippen LogP contribution in [0, 0.1) is 5.82 Å². The fourth-order valence-electron chi connectivity index (χ4n) is 3.45. The van der Waals surface area contributed by atoms with E-state index in [4.69, 9.17) is 16.1 Å². The van der Waals surface area contributed by atoms with Gasteiger partial charge in [-0.3, -0.25) is 4.99 Å². The Bertz CT molecular complexity index is 1050. The van der Waals surface area contributed by atoms with Crippen LogP contribution in [0.4, 0.5) is 4.39 Å². The van der Waals surface area contributed by atoms with E-state index in [-0.39, 0.29) is 11.2 Å². The van der Waals surface area contributed by atoms with Crippen LogP contribution < -0.4 is 10.6 Å². The molecule has 0 amide bonds. The lowest BCUT2D eigenvalue weighted by atomic mass is 9.95. The second kappa shape index (κ2) is 8.83. The Labute approximate surface area is 179 Å². The first-order valence-corrected chi connectivity index (χ1v) is 10.3. The molecule has 1 saturated carbocycles. The fourth-order valence-corrected chi connectivity index (χ4v) is 3.64. The Morgan fingerprint density at radius 1 is 1.20 bits per heavy atom. The van der Waals surface area contributed by atoms with Gasteiger partial charge in [0.2, 0.25) is 11.7 Å². The summed E-state index contributed by atoms with van der Waals surface area (Å²) in [5, 5.41) is 11.2. The van der Waals surface area contributed by atoms with Crippen LogP contribution in [0.1, 0.15) is 24.3 Å². The van der Waals surface area contributed by atoms with Crippen LogP contribution in [0.3, 0.4) is 0 Å². The molecule has 156 valence electrons. The lowest BCUT2D eigenvalue weighted by Crippen LogP contribution is -2.42. The number of nitrogens with zero attached hydrogens (tertiary/aromatic N) is 3. The Morgan fingerprint density at radius 2 is 2.03 bits per heavy atom. The summed E-state index contributed by atoms with van der Waals surface area (Å²) in [5.74, 6) is 1.55. The molecule has 1 heterocycles. The van der Waals surface area contributed by atoms with E-state index in [0.717, 1.165) is 24.0 Å². The Balaban J connectivity index is 1.28. The minimum atomic E-state index is -0.151. The van der Waals surface area contributed by atoms with Gasteiger partial charge in [-0.2, -0.15) is 4.98 Å². The summed E-state index contributed by atoms with van der Waals surface area (Å²) in [6.45, 7) is 1.20. The highest BCUT2D eigenvalue weighted by atomic mass is 35.5. The van der Waals surface area contributed by atoms with Crippen molar-refractivity contribution < 1.29 is 8.91 Å². The molecule has 1 fully saturated rings. The van der Waals surface area contributed by atoms with Crippen molar-refractivity contribution in [3.8, 4) is 11.4 Å². The molecule has 2 N–H and O–H groups in total. The van der Waals surface area contributed by atoms with Crippen LogP contribution in [0.25, 0.3) is 11.4 Å². The van der Waals surface area contributed by atoms with Crippen LogP contribution in [0.2, 0.25) is 5.02 Å². The monoisotopic (exact) mass is 427 g/mol. The molecule has 1 aliphatic rings. The van der Waals surface area contributed by atoms with Crippen molar-refractivity contribution in [2.75, 3.05) is 20.1 Å². The molecule has 0 radical (unpaired) electrons. The van der Waals surface area contributed by atoms with Crippen molar-refractivity contribution in [2.24, 2.45) is 4.99 Å². The number of benzene rings is 2. The summed E-state index contributed by atoms with van der Waals surface area (Å²) < 4.78 is 19.5. The van der Waals surface area contributed by atoms with Gasteiger partial charge in [0.1, 0.15) is 5.82 Å². The lowest BCUT2D eigenvalue weighted by Gasteiger charge is -2.19. The van der Waals surface area contributed by atoms with Gasteiger partial charge in [-0.15, -0.1) is 0 Å². The Hall–Kier alpha value is -2.93. The number of hydrogen-bond donors (Lipinski definition) is 2. The van der Waals surface area contributed by atoms with E-state index in [9.17, 15) is 4.39 Å².